The van der Waals surface area contributed by atoms with E-state index in [9.17, 15) is 4.79 Å². The molecule has 2 fully saturated rings. The van der Waals surface area contributed by atoms with Crippen LogP contribution >= 0.6 is 0 Å². The third-order valence-corrected chi connectivity index (χ3v) is 4.41. The van der Waals surface area contributed by atoms with Crippen molar-refractivity contribution in [3.63, 3.8) is 0 Å². The van der Waals surface area contributed by atoms with Crippen LogP contribution in [0.1, 0.15) is 41.6 Å². The summed E-state index contributed by atoms with van der Waals surface area (Å²) in [6.07, 6.45) is 5.59. The fourth-order valence-electron chi connectivity index (χ4n) is 2.95. The van der Waals surface area contributed by atoms with Gasteiger partial charge in [0.15, 0.2) is 0 Å². The number of amides is 1. The van der Waals surface area contributed by atoms with Crippen LogP contribution in [0.2, 0.25) is 0 Å². The molecule has 0 bridgehead atoms. The summed E-state index contributed by atoms with van der Waals surface area (Å²) >= 11 is 0. The molecule has 18 heavy (non-hydrogen) atoms. The average molecular weight is 244 g/mol. The lowest BCUT2D eigenvalue weighted by atomic mass is 10.0. The van der Waals surface area contributed by atoms with Crippen molar-refractivity contribution in [1.82, 2.24) is 5.32 Å². The number of carbonyl (C=O) groups is 1. The van der Waals surface area contributed by atoms with Crippen LogP contribution in [0.15, 0.2) is 24.3 Å². The largest absolute Gasteiger partial charge is 0.366 e. The Balaban J connectivity index is 1.58. The smallest absolute Gasteiger partial charge is 0.249 e. The second kappa shape index (κ2) is 4.39. The van der Waals surface area contributed by atoms with E-state index in [4.69, 9.17) is 5.73 Å². The van der Waals surface area contributed by atoms with Crippen molar-refractivity contribution < 1.29 is 4.79 Å². The molecule has 2 aliphatic rings. The summed E-state index contributed by atoms with van der Waals surface area (Å²) in [4.78, 5) is 11.3. The van der Waals surface area contributed by atoms with Gasteiger partial charge in [0.25, 0.3) is 0 Å². The van der Waals surface area contributed by atoms with Gasteiger partial charge in [-0.2, -0.15) is 0 Å². The van der Waals surface area contributed by atoms with E-state index >= 15 is 0 Å². The molecule has 0 heterocycles. The molecular weight excluding hydrogens is 224 g/mol. The lowest BCUT2D eigenvalue weighted by molar-refractivity contribution is 0.0999. The van der Waals surface area contributed by atoms with E-state index < -0.39 is 0 Å². The molecule has 0 spiro atoms. The SMILES string of the molecule is NC(=O)c1ccccc1CNCC1(C2CC2)CC1. The highest BCUT2D eigenvalue weighted by Gasteiger charge is 2.53. The molecule has 2 aliphatic carbocycles. The van der Waals surface area contributed by atoms with Crippen molar-refractivity contribution in [1.29, 1.82) is 0 Å². The van der Waals surface area contributed by atoms with E-state index in [0.717, 1.165) is 24.6 Å². The first kappa shape index (κ1) is 11.7. The van der Waals surface area contributed by atoms with Crippen molar-refractivity contribution in [2.24, 2.45) is 17.1 Å². The van der Waals surface area contributed by atoms with Gasteiger partial charge >= 0.3 is 0 Å². The van der Waals surface area contributed by atoms with Crippen LogP contribution in [-0.4, -0.2) is 12.5 Å². The van der Waals surface area contributed by atoms with Gasteiger partial charge in [0.2, 0.25) is 5.91 Å². The zero-order valence-electron chi connectivity index (χ0n) is 10.6. The highest BCUT2D eigenvalue weighted by molar-refractivity contribution is 5.94. The summed E-state index contributed by atoms with van der Waals surface area (Å²) < 4.78 is 0. The van der Waals surface area contributed by atoms with Gasteiger partial charge in [-0.15, -0.1) is 0 Å². The molecule has 3 nitrogen and oxygen atoms in total. The highest BCUT2D eigenvalue weighted by Crippen LogP contribution is 2.60. The molecule has 1 amide bonds. The van der Waals surface area contributed by atoms with E-state index in [0.29, 0.717) is 11.0 Å². The van der Waals surface area contributed by atoms with Gasteiger partial charge in [-0.25, -0.2) is 0 Å². The Morgan fingerprint density at radius 2 is 2.06 bits per heavy atom. The lowest BCUT2D eigenvalue weighted by Crippen LogP contribution is -2.26. The zero-order valence-corrected chi connectivity index (χ0v) is 10.6. The van der Waals surface area contributed by atoms with Gasteiger partial charge in [-0.1, -0.05) is 18.2 Å². The minimum Gasteiger partial charge on any atom is -0.366 e. The predicted octanol–water partition coefficient (Wildman–Crippen LogP) is 2.07. The zero-order chi connectivity index (χ0) is 12.6. The Morgan fingerprint density at radius 3 is 2.67 bits per heavy atom. The maximum absolute atomic E-state index is 11.3. The number of primary amides is 1. The van der Waals surface area contributed by atoms with E-state index in [2.05, 4.69) is 5.32 Å². The first-order valence-electron chi connectivity index (χ1n) is 6.80. The van der Waals surface area contributed by atoms with E-state index in [1.807, 2.05) is 18.2 Å². The molecule has 1 aromatic carbocycles. The van der Waals surface area contributed by atoms with Crippen molar-refractivity contribution in [2.45, 2.75) is 32.2 Å². The van der Waals surface area contributed by atoms with Gasteiger partial charge < -0.3 is 11.1 Å². The Bertz CT molecular complexity index is 461. The number of hydrogen-bond acceptors (Lipinski definition) is 2. The standard InChI is InChI=1S/C15H20N2O/c16-14(18)13-4-2-1-3-11(13)9-17-10-15(7-8-15)12-5-6-12/h1-4,12,17H,5-10H2,(H2,16,18). The van der Waals surface area contributed by atoms with Gasteiger partial charge in [0.05, 0.1) is 0 Å². The summed E-state index contributed by atoms with van der Waals surface area (Å²) in [6, 6.07) is 7.59. The summed E-state index contributed by atoms with van der Waals surface area (Å²) in [5, 5.41) is 3.51. The Morgan fingerprint density at radius 1 is 1.33 bits per heavy atom. The number of benzene rings is 1. The molecule has 0 radical (unpaired) electrons. The van der Waals surface area contributed by atoms with E-state index in [1.165, 1.54) is 25.7 Å². The Labute approximate surface area is 108 Å². The summed E-state index contributed by atoms with van der Waals surface area (Å²) in [7, 11) is 0. The van der Waals surface area contributed by atoms with Crippen LogP contribution in [0.25, 0.3) is 0 Å². The third kappa shape index (κ3) is 2.27. The molecule has 0 atom stereocenters. The molecule has 0 aliphatic heterocycles. The molecule has 0 saturated heterocycles. The highest BCUT2D eigenvalue weighted by atomic mass is 16.1. The van der Waals surface area contributed by atoms with Crippen molar-refractivity contribution in [3.8, 4) is 0 Å². The second-order valence-corrected chi connectivity index (χ2v) is 5.76. The minimum absolute atomic E-state index is 0.337. The van der Waals surface area contributed by atoms with Crippen LogP contribution < -0.4 is 11.1 Å². The molecule has 1 aromatic rings. The van der Waals surface area contributed by atoms with E-state index in [1.54, 1.807) is 6.07 Å². The summed E-state index contributed by atoms with van der Waals surface area (Å²) in [5.41, 5.74) is 7.63. The van der Waals surface area contributed by atoms with Gasteiger partial charge in [-0.3, -0.25) is 4.79 Å². The molecular formula is C15H20N2O. The van der Waals surface area contributed by atoms with Gasteiger partial charge in [-0.05, 0) is 48.6 Å². The number of nitrogens with one attached hydrogen (secondary N) is 1. The lowest BCUT2D eigenvalue weighted by Gasteiger charge is -2.15. The van der Waals surface area contributed by atoms with Gasteiger partial charge in [0, 0.05) is 18.7 Å². The van der Waals surface area contributed by atoms with Crippen molar-refractivity contribution in [2.75, 3.05) is 6.54 Å². The third-order valence-electron chi connectivity index (χ3n) is 4.41. The normalized spacial score (nSPS) is 20.7. The van der Waals surface area contributed by atoms with Crippen molar-refractivity contribution >= 4 is 5.91 Å². The monoisotopic (exact) mass is 244 g/mol. The summed E-state index contributed by atoms with van der Waals surface area (Å²) in [6.45, 7) is 1.83. The summed E-state index contributed by atoms with van der Waals surface area (Å²) in [5.74, 6) is 0.632. The number of carbonyl (C=O) groups excluding carboxylic acids is 1. The fourth-order valence-corrected chi connectivity index (χ4v) is 2.95. The van der Waals surface area contributed by atoms with Crippen LogP contribution in [-0.2, 0) is 6.54 Å². The number of hydrogen-bond donors (Lipinski definition) is 2. The Hall–Kier alpha value is -1.35. The molecule has 3 rings (SSSR count). The fraction of sp³-hybridized carbons (Fsp3) is 0.533. The maximum atomic E-state index is 11.3. The van der Waals surface area contributed by atoms with Crippen LogP contribution in [0.3, 0.4) is 0 Å². The predicted molar refractivity (Wildman–Crippen MR) is 71.1 cm³/mol. The first-order chi connectivity index (χ1) is 8.71. The van der Waals surface area contributed by atoms with Crippen LogP contribution in [0.4, 0.5) is 0 Å². The Kier molecular flexibility index (Phi) is 2.86. The molecule has 96 valence electrons. The number of nitrogens with two attached hydrogens (primary N) is 1. The molecule has 0 aromatic heterocycles. The second-order valence-electron chi connectivity index (χ2n) is 5.76. The van der Waals surface area contributed by atoms with Crippen LogP contribution in [0.5, 0.6) is 0 Å². The topological polar surface area (TPSA) is 55.1 Å². The van der Waals surface area contributed by atoms with E-state index in [-0.39, 0.29) is 5.91 Å². The van der Waals surface area contributed by atoms with Crippen LogP contribution in [0, 0.1) is 11.3 Å². The number of rotatable bonds is 6. The molecule has 3 heteroatoms. The first-order valence-corrected chi connectivity index (χ1v) is 6.80. The molecule has 2 saturated carbocycles. The van der Waals surface area contributed by atoms with Gasteiger partial charge in [0.1, 0.15) is 0 Å². The maximum Gasteiger partial charge on any atom is 0.249 e. The minimum atomic E-state index is -0.337. The van der Waals surface area contributed by atoms with Crippen molar-refractivity contribution in [3.05, 3.63) is 35.4 Å². The molecule has 3 N–H and O–H groups in total. The quantitative estimate of drug-likeness (QED) is 0.805. The molecule has 0 unspecified atom stereocenters. The average Bonchev–Trinajstić information content (AvgIpc) is 3.23.